The number of benzene rings is 1. The minimum atomic E-state index is 0.0251. The fraction of sp³-hybridized carbons (Fsp3) is 0.385. The summed E-state index contributed by atoms with van der Waals surface area (Å²) in [5.41, 5.74) is 8.73. The van der Waals surface area contributed by atoms with Gasteiger partial charge in [-0.1, -0.05) is 17.9 Å². The Morgan fingerprint density at radius 3 is 2.36 bits per heavy atom. The molecule has 1 heteroatoms. The number of rotatable bonds is 0. The standard InChI is InChI=1S/C13H17N/c1-10-5-6-11(12(14)9-10)7-8-13(2,3)4/h5-6,9H,14H2,1-4H3. The van der Waals surface area contributed by atoms with Gasteiger partial charge in [-0.05, 0) is 45.4 Å². The minimum absolute atomic E-state index is 0.0251. The Morgan fingerprint density at radius 2 is 1.86 bits per heavy atom. The zero-order chi connectivity index (χ0) is 10.8. The molecule has 0 aliphatic carbocycles. The van der Waals surface area contributed by atoms with Gasteiger partial charge in [0.25, 0.3) is 0 Å². The summed E-state index contributed by atoms with van der Waals surface area (Å²) in [5, 5.41) is 0. The monoisotopic (exact) mass is 187 g/mol. The zero-order valence-electron chi connectivity index (χ0n) is 9.31. The van der Waals surface area contributed by atoms with E-state index in [2.05, 4.69) is 32.6 Å². The molecule has 0 radical (unpaired) electrons. The zero-order valence-corrected chi connectivity index (χ0v) is 9.31. The average Bonchev–Trinajstić information content (AvgIpc) is 2.00. The number of nitrogens with two attached hydrogens (primary N) is 1. The van der Waals surface area contributed by atoms with Crippen LogP contribution in [0.4, 0.5) is 5.69 Å². The normalized spacial score (nSPS) is 10.6. The molecule has 0 saturated carbocycles. The van der Waals surface area contributed by atoms with Gasteiger partial charge in [-0.15, -0.1) is 0 Å². The fourth-order valence-corrected chi connectivity index (χ4v) is 1.05. The molecule has 0 aliphatic rings. The molecule has 1 nitrogen and oxygen atoms in total. The second-order valence-electron chi connectivity index (χ2n) is 4.59. The molecule has 2 N–H and O–H groups in total. The molecule has 0 amide bonds. The molecule has 1 rings (SSSR count). The second kappa shape index (κ2) is 3.75. The van der Waals surface area contributed by atoms with Crippen molar-refractivity contribution in [1.82, 2.24) is 0 Å². The lowest BCUT2D eigenvalue weighted by Gasteiger charge is -2.07. The predicted octanol–water partition coefficient (Wildman–Crippen LogP) is 2.97. The first-order valence-electron chi connectivity index (χ1n) is 4.78. The molecule has 1 aromatic rings. The van der Waals surface area contributed by atoms with Gasteiger partial charge in [0.05, 0.1) is 0 Å². The number of aryl methyl sites for hydroxylation is 1. The molecule has 0 unspecified atom stereocenters. The molecule has 0 saturated heterocycles. The van der Waals surface area contributed by atoms with Crippen LogP contribution in [0.25, 0.3) is 0 Å². The maximum absolute atomic E-state index is 5.85. The van der Waals surface area contributed by atoms with Crippen LogP contribution >= 0.6 is 0 Å². The number of nitrogen functional groups attached to an aromatic ring is 1. The summed E-state index contributed by atoms with van der Waals surface area (Å²) in [5.74, 6) is 6.27. The summed E-state index contributed by atoms with van der Waals surface area (Å²) in [6.07, 6.45) is 0. The van der Waals surface area contributed by atoms with Gasteiger partial charge in [-0.2, -0.15) is 0 Å². The third-order valence-electron chi connectivity index (χ3n) is 1.78. The lowest BCUT2D eigenvalue weighted by molar-refractivity contribution is 0.571. The Bertz CT molecular complexity index is 386. The number of hydrogen-bond donors (Lipinski definition) is 1. The van der Waals surface area contributed by atoms with Gasteiger partial charge in [0, 0.05) is 16.7 Å². The highest BCUT2D eigenvalue weighted by molar-refractivity contribution is 5.57. The first kappa shape index (κ1) is 10.7. The van der Waals surface area contributed by atoms with Crippen LogP contribution in [-0.4, -0.2) is 0 Å². The summed E-state index contributed by atoms with van der Waals surface area (Å²) in [4.78, 5) is 0. The van der Waals surface area contributed by atoms with Crippen LogP contribution in [0.3, 0.4) is 0 Å². The molecule has 0 aliphatic heterocycles. The highest BCUT2D eigenvalue weighted by Gasteiger charge is 2.03. The van der Waals surface area contributed by atoms with E-state index in [1.54, 1.807) is 0 Å². The maximum atomic E-state index is 5.85. The molecule has 0 aromatic heterocycles. The van der Waals surface area contributed by atoms with E-state index in [0.717, 1.165) is 11.3 Å². The third kappa shape index (κ3) is 3.14. The lowest BCUT2D eigenvalue weighted by atomic mass is 9.97. The Balaban J connectivity index is 3.02. The topological polar surface area (TPSA) is 26.0 Å². The van der Waals surface area contributed by atoms with Gasteiger partial charge in [-0.25, -0.2) is 0 Å². The second-order valence-corrected chi connectivity index (χ2v) is 4.59. The molecule has 0 fully saturated rings. The van der Waals surface area contributed by atoms with Gasteiger partial charge in [-0.3, -0.25) is 0 Å². The molecular formula is C13H17N. The minimum Gasteiger partial charge on any atom is -0.398 e. The largest absolute Gasteiger partial charge is 0.398 e. The van der Waals surface area contributed by atoms with Crippen LogP contribution in [0.5, 0.6) is 0 Å². The van der Waals surface area contributed by atoms with E-state index in [1.165, 1.54) is 5.56 Å². The van der Waals surface area contributed by atoms with Gasteiger partial charge in [0.2, 0.25) is 0 Å². The molecule has 0 bridgehead atoms. The molecular weight excluding hydrogens is 170 g/mol. The van der Waals surface area contributed by atoms with E-state index >= 15 is 0 Å². The smallest absolute Gasteiger partial charge is 0.0475 e. The molecule has 0 heterocycles. The van der Waals surface area contributed by atoms with Crippen molar-refractivity contribution in [2.24, 2.45) is 5.41 Å². The van der Waals surface area contributed by atoms with Crippen molar-refractivity contribution in [3.05, 3.63) is 29.3 Å². The summed E-state index contributed by atoms with van der Waals surface area (Å²) in [6.45, 7) is 8.29. The van der Waals surface area contributed by atoms with Crippen LogP contribution in [0, 0.1) is 24.2 Å². The lowest BCUT2D eigenvalue weighted by Crippen LogP contribution is -2.00. The van der Waals surface area contributed by atoms with Crippen molar-refractivity contribution >= 4 is 5.69 Å². The van der Waals surface area contributed by atoms with E-state index < -0.39 is 0 Å². The van der Waals surface area contributed by atoms with Crippen molar-refractivity contribution in [2.75, 3.05) is 5.73 Å². The van der Waals surface area contributed by atoms with Crippen LogP contribution in [0.1, 0.15) is 31.9 Å². The van der Waals surface area contributed by atoms with Crippen LogP contribution in [0.2, 0.25) is 0 Å². The third-order valence-corrected chi connectivity index (χ3v) is 1.78. The molecule has 14 heavy (non-hydrogen) atoms. The number of hydrogen-bond acceptors (Lipinski definition) is 1. The summed E-state index contributed by atoms with van der Waals surface area (Å²) < 4.78 is 0. The van der Waals surface area contributed by atoms with Gasteiger partial charge in [0.1, 0.15) is 0 Å². The highest BCUT2D eigenvalue weighted by Crippen LogP contribution is 2.15. The van der Waals surface area contributed by atoms with Crippen molar-refractivity contribution in [2.45, 2.75) is 27.7 Å². The van der Waals surface area contributed by atoms with E-state index in [4.69, 9.17) is 5.73 Å². The van der Waals surface area contributed by atoms with Crippen LogP contribution in [0.15, 0.2) is 18.2 Å². The Morgan fingerprint density at radius 1 is 1.21 bits per heavy atom. The van der Waals surface area contributed by atoms with Crippen molar-refractivity contribution in [3.63, 3.8) is 0 Å². The van der Waals surface area contributed by atoms with E-state index in [1.807, 2.05) is 25.1 Å². The van der Waals surface area contributed by atoms with Gasteiger partial charge < -0.3 is 5.73 Å². The summed E-state index contributed by atoms with van der Waals surface area (Å²) in [6, 6.07) is 5.96. The summed E-state index contributed by atoms with van der Waals surface area (Å²) in [7, 11) is 0. The Hall–Kier alpha value is -1.42. The quantitative estimate of drug-likeness (QED) is 0.490. The van der Waals surface area contributed by atoms with Gasteiger partial charge >= 0.3 is 0 Å². The van der Waals surface area contributed by atoms with E-state index in [-0.39, 0.29) is 5.41 Å². The van der Waals surface area contributed by atoms with Crippen molar-refractivity contribution < 1.29 is 0 Å². The van der Waals surface area contributed by atoms with Gasteiger partial charge in [0.15, 0.2) is 0 Å². The maximum Gasteiger partial charge on any atom is 0.0475 e. The van der Waals surface area contributed by atoms with E-state index in [9.17, 15) is 0 Å². The van der Waals surface area contributed by atoms with Crippen LogP contribution < -0.4 is 5.73 Å². The van der Waals surface area contributed by atoms with Crippen molar-refractivity contribution in [1.29, 1.82) is 0 Å². The molecule has 74 valence electrons. The molecule has 0 atom stereocenters. The van der Waals surface area contributed by atoms with Crippen LogP contribution in [-0.2, 0) is 0 Å². The Labute approximate surface area is 86.3 Å². The molecule has 1 aromatic carbocycles. The average molecular weight is 187 g/mol. The van der Waals surface area contributed by atoms with E-state index in [0.29, 0.717) is 0 Å². The van der Waals surface area contributed by atoms with Crippen molar-refractivity contribution in [3.8, 4) is 11.8 Å². The first-order valence-corrected chi connectivity index (χ1v) is 4.78. The highest BCUT2D eigenvalue weighted by atomic mass is 14.6. The molecule has 0 spiro atoms. The predicted molar refractivity (Wildman–Crippen MR) is 61.9 cm³/mol. The fourth-order valence-electron chi connectivity index (χ4n) is 1.05. The first-order chi connectivity index (χ1) is 6.38. The number of anilines is 1. The SMILES string of the molecule is Cc1ccc(C#CC(C)(C)C)c(N)c1. The Kier molecular flexibility index (Phi) is 2.86. The summed E-state index contributed by atoms with van der Waals surface area (Å²) >= 11 is 0.